The summed E-state index contributed by atoms with van der Waals surface area (Å²) in [7, 11) is 0. The highest BCUT2D eigenvalue weighted by molar-refractivity contribution is 5.85. The van der Waals surface area contributed by atoms with Crippen molar-refractivity contribution in [3.63, 3.8) is 0 Å². The molecule has 0 heterocycles. The van der Waals surface area contributed by atoms with Gasteiger partial charge in [-0.15, -0.1) is 0 Å². The van der Waals surface area contributed by atoms with Crippen molar-refractivity contribution >= 4 is 11.8 Å². The number of carbonyl (C=O) groups is 2. The van der Waals surface area contributed by atoms with E-state index in [-0.39, 0.29) is 12.8 Å². The zero-order chi connectivity index (χ0) is 8.15. The minimum absolute atomic E-state index is 0.153. The fourth-order valence-electron chi connectivity index (χ4n) is 0.434. The van der Waals surface area contributed by atoms with Gasteiger partial charge in [0, 0.05) is 12.4 Å². The second-order valence-corrected chi connectivity index (χ2v) is 2.01. The molecule has 0 aromatic carbocycles. The highest BCUT2D eigenvalue weighted by Crippen LogP contribution is 1.93. The van der Waals surface area contributed by atoms with Gasteiger partial charge in [0.15, 0.2) is 5.78 Å². The van der Waals surface area contributed by atoms with Crippen LogP contribution in [0.25, 0.3) is 0 Å². The number of Topliss-reactive ketones (excluding diaryl/α,β-unsaturated/α-hetero) is 1. The van der Waals surface area contributed by atoms with Gasteiger partial charge >= 0.3 is 0 Å². The predicted octanol–water partition coefficient (Wildman–Crippen LogP) is -1.53. The summed E-state index contributed by atoms with van der Waals surface area (Å²) in [5.74, 6) is -1.74. The van der Waals surface area contributed by atoms with Gasteiger partial charge in [0.2, 0.25) is 0 Å². The van der Waals surface area contributed by atoms with Crippen LogP contribution in [0, 0.1) is 0 Å². The lowest BCUT2D eigenvalue weighted by Gasteiger charge is -2.02. The first-order valence-electron chi connectivity index (χ1n) is 2.94. The number of ketones is 1. The van der Waals surface area contributed by atoms with Crippen molar-refractivity contribution in [3.8, 4) is 0 Å². The molecule has 4 heteroatoms. The zero-order valence-corrected chi connectivity index (χ0v) is 5.66. The highest BCUT2D eigenvalue weighted by atomic mass is 16.4. The number of carbonyl (C=O) groups excluding carboxylic acids is 2. The van der Waals surface area contributed by atoms with Gasteiger partial charge in [-0.05, 0) is 13.3 Å². The van der Waals surface area contributed by atoms with Crippen molar-refractivity contribution in [2.24, 2.45) is 0 Å². The van der Waals surface area contributed by atoms with Gasteiger partial charge in [0.25, 0.3) is 0 Å². The van der Waals surface area contributed by atoms with Crippen molar-refractivity contribution in [1.82, 2.24) is 0 Å². The van der Waals surface area contributed by atoms with Gasteiger partial charge in [-0.25, -0.2) is 0 Å². The van der Waals surface area contributed by atoms with Gasteiger partial charge in [0.05, 0.1) is 0 Å². The van der Waals surface area contributed by atoms with Crippen LogP contribution in [0.4, 0.5) is 0 Å². The smallest absolute Gasteiger partial charge is 0.161 e. The fourth-order valence-corrected chi connectivity index (χ4v) is 0.434. The van der Waals surface area contributed by atoms with Crippen molar-refractivity contribution in [2.45, 2.75) is 25.9 Å². The molecule has 0 aromatic rings. The van der Waals surface area contributed by atoms with Crippen LogP contribution in [0.15, 0.2) is 0 Å². The Morgan fingerprint density at radius 2 is 2.00 bits per heavy atom. The number of aliphatic carboxylic acids is 1. The molecule has 58 valence electrons. The van der Waals surface area contributed by atoms with Gasteiger partial charge < -0.3 is 15.0 Å². The Balaban J connectivity index is 3.50. The minimum Gasteiger partial charge on any atom is -0.550 e. The van der Waals surface area contributed by atoms with E-state index < -0.39 is 17.9 Å². The van der Waals surface area contributed by atoms with Crippen molar-refractivity contribution < 1.29 is 19.8 Å². The average Bonchev–Trinajstić information content (AvgIpc) is 1.82. The van der Waals surface area contributed by atoms with Gasteiger partial charge in [-0.1, -0.05) is 0 Å². The van der Waals surface area contributed by atoms with Crippen molar-refractivity contribution in [2.75, 3.05) is 0 Å². The quantitative estimate of drug-likeness (QED) is 0.520. The summed E-state index contributed by atoms with van der Waals surface area (Å²) in [5.41, 5.74) is 0. The Labute approximate surface area is 58.5 Å². The van der Waals surface area contributed by atoms with E-state index in [1.54, 1.807) is 0 Å². The second kappa shape index (κ2) is 4.00. The monoisotopic (exact) mass is 145 g/mol. The molecule has 0 bridgehead atoms. The molecule has 0 aliphatic rings. The topological polar surface area (TPSA) is 77.4 Å². The first kappa shape index (κ1) is 9.10. The molecule has 1 atom stereocenters. The minimum atomic E-state index is -1.27. The summed E-state index contributed by atoms with van der Waals surface area (Å²) in [6, 6.07) is 0. The molecule has 4 nitrogen and oxygen atoms in total. The lowest BCUT2D eigenvalue weighted by atomic mass is 10.1. The molecular weight excluding hydrogens is 136 g/mol. The summed E-state index contributed by atoms with van der Waals surface area (Å²) in [6.07, 6.45) is -1.54. The molecule has 0 fully saturated rings. The van der Waals surface area contributed by atoms with Gasteiger partial charge in [-0.2, -0.15) is 0 Å². The Hall–Kier alpha value is -0.900. The third-order valence-corrected chi connectivity index (χ3v) is 1.04. The van der Waals surface area contributed by atoms with E-state index >= 15 is 0 Å². The number of carboxylic acid groups (broad SMARTS) is 1. The number of aliphatic hydroxyl groups excluding tert-OH is 1. The maximum absolute atomic E-state index is 10.5. The van der Waals surface area contributed by atoms with Gasteiger partial charge in [-0.3, -0.25) is 4.79 Å². The molecule has 0 aliphatic carbocycles. The number of hydrogen-bond acceptors (Lipinski definition) is 4. The molecule has 0 saturated heterocycles. The molecule has 0 aromatic heterocycles. The lowest BCUT2D eigenvalue weighted by Crippen LogP contribution is -2.25. The van der Waals surface area contributed by atoms with Crippen molar-refractivity contribution in [1.29, 1.82) is 0 Å². The van der Waals surface area contributed by atoms with Crippen LogP contribution in [0.3, 0.4) is 0 Å². The molecular formula is C6H9O4-. The third kappa shape index (κ3) is 4.03. The van der Waals surface area contributed by atoms with Crippen LogP contribution >= 0.6 is 0 Å². The fraction of sp³-hybridized carbons (Fsp3) is 0.667. The highest BCUT2D eigenvalue weighted by Gasteiger charge is 2.07. The summed E-state index contributed by atoms with van der Waals surface area (Å²) in [5, 5.41) is 18.4. The Bertz CT molecular complexity index is 139. The predicted molar refractivity (Wildman–Crippen MR) is 30.9 cm³/mol. The van der Waals surface area contributed by atoms with E-state index in [2.05, 4.69) is 0 Å². The van der Waals surface area contributed by atoms with E-state index in [9.17, 15) is 14.7 Å². The normalized spacial score (nSPS) is 12.6. The standard InChI is InChI=1S/C6H10O4/c1-4(7)5(8)2-3-6(9)10/h4,7H,2-3H2,1H3,(H,9,10)/p-1/t4-/m1/s1. The number of hydrogen-bond donors (Lipinski definition) is 1. The van der Waals surface area contributed by atoms with Crippen molar-refractivity contribution in [3.05, 3.63) is 0 Å². The van der Waals surface area contributed by atoms with Crippen LogP contribution < -0.4 is 5.11 Å². The zero-order valence-electron chi connectivity index (χ0n) is 5.66. The summed E-state index contributed by atoms with van der Waals surface area (Å²) in [6.45, 7) is 1.30. The maximum Gasteiger partial charge on any atom is 0.161 e. The van der Waals surface area contributed by atoms with E-state index in [1.165, 1.54) is 6.92 Å². The summed E-state index contributed by atoms with van der Waals surface area (Å²) in [4.78, 5) is 20.3. The number of rotatable bonds is 4. The Morgan fingerprint density at radius 3 is 2.30 bits per heavy atom. The Morgan fingerprint density at radius 1 is 1.50 bits per heavy atom. The van der Waals surface area contributed by atoms with E-state index in [0.29, 0.717) is 0 Å². The molecule has 1 N–H and O–H groups in total. The second-order valence-electron chi connectivity index (χ2n) is 2.01. The molecule has 0 aliphatic heterocycles. The van der Waals surface area contributed by atoms with Gasteiger partial charge in [0.1, 0.15) is 6.10 Å². The SMILES string of the molecule is C[C@@H](O)C(=O)CCC(=O)[O-]. The lowest BCUT2D eigenvalue weighted by molar-refractivity contribution is -0.305. The molecule has 10 heavy (non-hydrogen) atoms. The van der Waals surface area contributed by atoms with E-state index in [4.69, 9.17) is 5.11 Å². The molecule has 0 radical (unpaired) electrons. The first-order valence-corrected chi connectivity index (χ1v) is 2.94. The Kier molecular flexibility index (Phi) is 3.64. The number of aliphatic hydroxyl groups is 1. The molecule has 0 saturated carbocycles. The molecule has 0 amide bonds. The van der Waals surface area contributed by atoms with Crippen LogP contribution in [-0.2, 0) is 9.59 Å². The largest absolute Gasteiger partial charge is 0.550 e. The summed E-state index contributed by atoms with van der Waals surface area (Å²) < 4.78 is 0. The molecule has 0 unspecified atom stereocenters. The maximum atomic E-state index is 10.5. The average molecular weight is 145 g/mol. The summed E-state index contributed by atoms with van der Waals surface area (Å²) >= 11 is 0. The number of carboxylic acids is 1. The van der Waals surface area contributed by atoms with Crippen LogP contribution in [0.1, 0.15) is 19.8 Å². The third-order valence-electron chi connectivity index (χ3n) is 1.04. The molecule has 0 spiro atoms. The van der Waals surface area contributed by atoms with E-state index in [1.807, 2.05) is 0 Å². The van der Waals surface area contributed by atoms with Crippen LogP contribution in [-0.4, -0.2) is 23.0 Å². The van der Waals surface area contributed by atoms with Crippen LogP contribution in [0.5, 0.6) is 0 Å². The van der Waals surface area contributed by atoms with Crippen LogP contribution in [0.2, 0.25) is 0 Å². The molecule has 0 rings (SSSR count). The first-order chi connectivity index (χ1) is 4.54. The van der Waals surface area contributed by atoms with E-state index in [0.717, 1.165) is 0 Å².